The van der Waals surface area contributed by atoms with Crippen molar-refractivity contribution in [1.82, 2.24) is 9.21 Å². The highest BCUT2D eigenvalue weighted by Gasteiger charge is 2.28. The van der Waals surface area contributed by atoms with Crippen LogP contribution in [0.5, 0.6) is 0 Å². The van der Waals surface area contributed by atoms with E-state index in [0.717, 1.165) is 19.4 Å². The molecule has 1 aliphatic rings. The lowest BCUT2D eigenvalue weighted by Crippen LogP contribution is -2.23. The third-order valence-corrected chi connectivity index (χ3v) is 6.33. The number of aryl methyl sites for hydroxylation is 1. The standard InChI is InChI=1S/C18H24N2O3S/c1-14-7-4-5-8-16(14)17-9-6-12-20(17)13-15-10-11-18(23-15)24(21,22)19(2)3/h4-5,7-8,10-11,17H,6,9,12-13H2,1-3H3/t17-/m0/s1. The summed E-state index contributed by atoms with van der Waals surface area (Å²) >= 11 is 0. The molecule has 0 saturated carbocycles. The lowest BCUT2D eigenvalue weighted by Gasteiger charge is -2.25. The number of hydrogen-bond acceptors (Lipinski definition) is 4. The van der Waals surface area contributed by atoms with Crippen LogP contribution in [-0.4, -0.2) is 38.3 Å². The Bertz CT molecular complexity index is 811. The molecule has 1 fully saturated rings. The van der Waals surface area contributed by atoms with Crippen LogP contribution in [0.25, 0.3) is 0 Å². The molecule has 2 heterocycles. The van der Waals surface area contributed by atoms with Gasteiger partial charge in [0.05, 0.1) is 6.54 Å². The number of sulfonamides is 1. The number of benzene rings is 1. The second kappa shape index (κ2) is 6.70. The summed E-state index contributed by atoms with van der Waals surface area (Å²) in [7, 11) is -0.502. The van der Waals surface area contributed by atoms with Gasteiger partial charge in [-0.05, 0) is 49.6 Å². The van der Waals surface area contributed by atoms with Crippen molar-refractivity contribution in [3.63, 3.8) is 0 Å². The highest BCUT2D eigenvalue weighted by atomic mass is 32.2. The molecule has 1 atom stereocenters. The first kappa shape index (κ1) is 17.2. The lowest BCUT2D eigenvalue weighted by atomic mass is 9.99. The van der Waals surface area contributed by atoms with Crippen molar-refractivity contribution in [2.75, 3.05) is 20.6 Å². The van der Waals surface area contributed by atoms with E-state index in [1.807, 2.05) is 0 Å². The predicted octanol–water partition coefficient (Wildman–Crippen LogP) is 3.18. The zero-order valence-corrected chi connectivity index (χ0v) is 15.2. The Labute approximate surface area is 143 Å². The molecule has 0 amide bonds. The van der Waals surface area contributed by atoms with Crippen LogP contribution in [0.1, 0.15) is 35.8 Å². The predicted molar refractivity (Wildman–Crippen MR) is 93.1 cm³/mol. The van der Waals surface area contributed by atoms with E-state index in [4.69, 9.17) is 4.42 Å². The Morgan fingerprint density at radius 2 is 1.96 bits per heavy atom. The van der Waals surface area contributed by atoms with Gasteiger partial charge >= 0.3 is 0 Å². The molecule has 0 radical (unpaired) electrons. The van der Waals surface area contributed by atoms with E-state index < -0.39 is 10.0 Å². The van der Waals surface area contributed by atoms with Gasteiger partial charge in [0.25, 0.3) is 10.0 Å². The summed E-state index contributed by atoms with van der Waals surface area (Å²) < 4.78 is 31.0. The fourth-order valence-electron chi connectivity index (χ4n) is 3.29. The lowest BCUT2D eigenvalue weighted by molar-refractivity contribution is 0.220. The molecule has 1 aromatic heterocycles. The topological polar surface area (TPSA) is 53.8 Å². The molecule has 0 aliphatic carbocycles. The number of furan rings is 1. The van der Waals surface area contributed by atoms with Gasteiger partial charge in [0, 0.05) is 20.1 Å². The Morgan fingerprint density at radius 1 is 1.21 bits per heavy atom. The molecular formula is C18H24N2O3S. The minimum atomic E-state index is -3.51. The summed E-state index contributed by atoms with van der Waals surface area (Å²) in [5, 5.41) is 0.00846. The molecule has 1 aromatic carbocycles. The van der Waals surface area contributed by atoms with Crippen molar-refractivity contribution in [3.8, 4) is 0 Å². The third kappa shape index (κ3) is 3.27. The highest BCUT2D eigenvalue weighted by molar-refractivity contribution is 7.88. The maximum atomic E-state index is 12.1. The summed E-state index contributed by atoms with van der Waals surface area (Å²) in [6.07, 6.45) is 2.26. The highest BCUT2D eigenvalue weighted by Crippen LogP contribution is 2.35. The van der Waals surface area contributed by atoms with Crippen LogP contribution < -0.4 is 0 Å². The van der Waals surface area contributed by atoms with Gasteiger partial charge in [0.2, 0.25) is 5.09 Å². The van der Waals surface area contributed by atoms with Crippen molar-refractivity contribution < 1.29 is 12.8 Å². The van der Waals surface area contributed by atoms with E-state index in [0.29, 0.717) is 18.3 Å². The molecule has 0 N–H and O–H groups in total. The molecule has 6 heteroatoms. The molecule has 130 valence electrons. The molecule has 2 aromatic rings. The first-order chi connectivity index (χ1) is 11.4. The molecule has 24 heavy (non-hydrogen) atoms. The van der Waals surface area contributed by atoms with Crippen LogP contribution >= 0.6 is 0 Å². The van der Waals surface area contributed by atoms with Gasteiger partial charge in [-0.15, -0.1) is 0 Å². The molecule has 0 bridgehead atoms. The number of rotatable bonds is 5. The molecule has 3 rings (SSSR count). The third-order valence-electron chi connectivity index (χ3n) is 4.64. The van der Waals surface area contributed by atoms with Crippen LogP contribution in [0.3, 0.4) is 0 Å². The molecule has 1 aliphatic heterocycles. The minimum Gasteiger partial charge on any atom is -0.447 e. The van der Waals surface area contributed by atoms with E-state index in [1.54, 1.807) is 12.1 Å². The first-order valence-electron chi connectivity index (χ1n) is 8.20. The normalized spacial score (nSPS) is 19.2. The van der Waals surface area contributed by atoms with Crippen molar-refractivity contribution in [2.24, 2.45) is 0 Å². The van der Waals surface area contributed by atoms with Crippen LogP contribution in [0.15, 0.2) is 45.9 Å². The van der Waals surface area contributed by atoms with E-state index in [-0.39, 0.29) is 5.09 Å². The minimum absolute atomic E-state index is 0.00846. The summed E-state index contributed by atoms with van der Waals surface area (Å²) in [6, 6.07) is 12.1. The monoisotopic (exact) mass is 348 g/mol. The van der Waals surface area contributed by atoms with Crippen molar-refractivity contribution in [3.05, 3.63) is 53.3 Å². The van der Waals surface area contributed by atoms with Gasteiger partial charge in [-0.3, -0.25) is 4.90 Å². The molecule has 0 unspecified atom stereocenters. The first-order valence-corrected chi connectivity index (χ1v) is 9.64. The molecule has 5 nitrogen and oxygen atoms in total. The van der Waals surface area contributed by atoms with Gasteiger partial charge in [-0.25, -0.2) is 12.7 Å². The molecular weight excluding hydrogens is 324 g/mol. The largest absolute Gasteiger partial charge is 0.447 e. The van der Waals surface area contributed by atoms with Crippen molar-refractivity contribution >= 4 is 10.0 Å². The van der Waals surface area contributed by atoms with Crippen molar-refractivity contribution in [1.29, 1.82) is 0 Å². The summed E-state index contributed by atoms with van der Waals surface area (Å²) in [6.45, 7) is 3.76. The van der Waals surface area contributed by atoms with Crippen LogP contribution in [-0.2, 0) is 16.6 Å². The number of likely N-dealkylation sites (tertiary alicyclic amines) is 1. The Kier molecular flexibility index (Phi) is 4.80. The average Bonchev–Trinajstić information content (AvgIpc) is 3.18. The Hall–Kier alpha value is -1.63. The molecule has 0 spiro atoms. The Morgan fingerprint density at radius 3 is 2.67 bits per heavy atom. The van der Waals surface area contributed by atoms with E-state index in [1.165, 1.54) is 29.5 Å². The number of nitrogens with zero attached hydrogens (tertiary/aromatic N) is 2. The summed E-state index contributed by atoms with van der Waals surface area (Å²) in [4.78, 5) is 2.37. The smallest absolute Gasteiger partial charge is 0.275 e. The second-order valence-electron chi connectivity index (χ2n) is 6.49. The van der Waals surface area contributed by atoms with E-state index in [9.17, 15) is 8.42 Å². The maximum absolute atomic E-state index is 12.1. The quantitative estimate of drug-likeness (QED) is 0.833. The Balaban J connectivity index is 1.79. The second-order valence-corrected chi connectivity index (χ2v) is 8.58. The van der Waals surface area contributed by atoms with Gasteiger partial charge in [0.15, 0.2) is 0 Å². The molecule has 1 saturated heterocycles. The van der Waals surface area contributed by atoms with Crippen LogP contribution in [0.2, 0.25) is 0 Å². The fraction of sp³-hybridized carbons (Fsp3) is 0.444. The van der Waals surface area contributed by atoms with Crippen molar-refractivity contribution in [2.45, 2.75) is 37.4 Å². The zero-order valence-electron chi connectivity index (χ0n) is 14.4. The fourth-order valence-corrected chi connectivity index (χ4v) is 4.10. The van der Waals surface area contributed by atoms with Gasteiger partial charge < -0.3 is 4.42 Å². The van der Waals surface area contributed by atoms with Gasteiger partial charge in [-0.2, -0.15) is 0 Å². The maximum Gasteiger partial charge on any atom is 0.275 e. The SMILES string of the molecule is Cc1ccccc1[C@@H]1CCCN1Cc1ccc(S(=O)(=O)N(C)C)o1. The summed E-state index contributed by atoms with van der Waals surface area (Å²) in [5.74, 6) is 0.691. The van der Waals surface area contributed by atoms with Gasteiger partial charge in [-0.1, -0.05) is 24.3 Å². The zero-order chi connectivity index (χ0) is 17.3. The number of hydrogen-bond donors (Lipinski definition) is 0. The average molecular weight is 348 g/mol. The van der Waals surface area contributed by atoms with Crippen LogP contribution in [0.4, 0.5) is 0 Å². The van der Waals surface area contributed by atoms with Crippen LogP contribution in [0, 0.1) is 6.92 Å². The van der Waals surface area contributed by atoms with E-state index in [2.05, 4.69) is 36.1 Å². The van der Waals surface area contributed by atoms with Gasteiger partial charge in [0.1, 0.15) is 5.76 Å². The van der Waals surface area contributed by atoms with E-state index >= 15 is 0 Å². The summed E-state index contributed by atoms with van der Waals surface area (Å²) in [5.41, 5.74) is 2.65.